The number of esters is 2. The average Bonchev–Trinajstić information content (AvgIpc) is 2.17. The molecule has 76 valence electrons. The molecule has 0 aromatic carbocycles. The number of hydrogen-bond acceptors (Lipinski definition) is 6. The SMILES string of the molecule is COCOC(C(=O)OC)C(=O)OC. The van der Waals surface area contributed by atoms with Crippen LogP contribution in [0.5, 0.6) is 0 Å². The van der Waals surface area contributed by atoms with Gasteiger partial charge < -0.3 is 18.9 Å². The van der Waals surface area contributed by atoms with Crippen molar-refractivity contribution in [3.63, 3.8) is 0 Å². The van der Waals surface area contributed by atoms with E-state index in [1.165, 1.54) is 7.11 Å². The van der Waals surface area contributed by atoms with E-state index in [1.807, 2.05) is 0 Å². The summed E-state index contributed by atoms with van der Waals surface area (Å²) in [6.07, 6.45) is -1.38. The van der Waals surface area contributed by atoms with E-state index in [4.69, 9.17) is 4.74 Å². The Bertz CT molecular complexity index is 162. The van der Waals surface area contributed by atoms with Crippen molar-refractivity contribution in [2.24, 2.45) is 0 Å². The van der Waals surface area contributed by atoms with Gasteiger partial charge in [0.2, 0.25) is 0 Å². The van der Waals surface area contributed by atoms with Crippen LogP contribution in [0.4, 0.5) is 0 Å². The van der Waals surface area contributed by atoms with Gasteiger partial charge in [0.05, 0.1) is 14.2 Å². The topological polar surface area (TPSA) is 71.1 Å². The van der Waals surface area contributed by atoms with Crippen LogP contribution in [0.2, 0.25) is 0 Å². The number of methoxy groups -OCH3 is 3. The second kappa shape index (κ2) is 6.38. The maximum Gasteiger partial charge on any atom is 0.346 e. The third-order valence-electron chi connectivity index (χ3n) is 1.18. The van der Waals surface area contributed by atoms with Gasteiger partial charge in [-0.05, 0) is 0 Å². The molecule has 0 radical (unpaired) electrons. The highest BCUT2D eigenvalue weighted by atomic mass is 16.7. The maximum atomic E-state index is 10.9. The lowest BCUT2D eigenvalue weighted by molar-refractivity contribution is -0.178. The number of rotatable bonds is 5. The fraction of sp³-hybridized carbons (Fsp3) is 0.714. The number of carbonyl (C=O) groups excluding carboxylic acids is 2. The first-order chi connectivity index (χ1) is 6.17. The van der Waals surface area contributed by atoms with E-state index in [2.05, 4.69) is 14.2 Å². The van der Waals surface area contributed by atoms with Crippen LogP contribution in [0.3, 0.4) is 0 Å². The summed E-state index contributed by atoms with van der Waals surface area (Å²) in [5, 5.41) is 0. The van der Waals surface area contributed by atoms with Gasteiger partial charge in [-0.25, -0.2) is 9.59 Å². The molecule has 0 aromatic rings. The van der Waals surface area contributed by atoms with Gasteiger partial charge in [0.15, 0.2) is 0 Å². The lowest BCUT2D eigenvalue weighted by atomic mass is 10.4. The largest absolute Gasteiger partial charge is 0.467 e. The molecule has 0 unspecified atom stereocenters. The quantitative estimate of drug-likeness (QED) is 0.326. The zero-order valence-electron chi connectivity index (χ0n) is 7.73. The molecule has 0 saturated carbocycles. The molecule has 0 aliphatic heterocycles. The Kier molecular flexibility index (Phi) is 5.82. The van der Waals surface area contributed by atoms with Crippen molar-refractivity contribution in [3.05, 3.63) is 0 Å². The number of hydrogen-bond donors (Lipinski definition) is 0. The monoisotopic (exact) mass is 192 g/mol. The first-order valence-corrected chi connectivity index (χ1v) is 3.43. The van der Waals surface area contributed by atoms with Crippen LogP contribution >= 0.6 is 0 Å². The summed E-state index contributed by atoms with van der Waals surface area (Å²) in [7, 11) is 3.66. The Morgan fingerprint density at radius 1 is 1.08 bits per heavy atom. The zero-order chi connectivity index (χ0) is 10.3. The summed E-state index contributed by atoms with van der Waals surface area (Å²) >= 11 is 0. The van der Waals surface area contributed by atoms with Crippen LogP contribution < -0.4 is 0 Å². The molecule has 0 amide bonds. The van der Waals surface area contributed by atoms with Crippen LogP contribution in [0.15, 0.2) is 0 Å². The minimum atomic E-state index is -1.38. The Morgan fingerprint density at radius 3 is 1.85 bits per heavy atom. The van der Waals surface area contributed by atoms with E-state index in [-0.39, 0.29) is 6.79 Å². The van der Waals surface area contributed by atoms with Crippen molar-refractivity contribution < 1.29 is 28.5 Å². The molecule has 0 aromatic heterocycles. The zero-order valence-corrected chi connectivity index (χ0v) is 7.73. The summed E-state index contributed by atoms with van der Waals surface area (Å²) in [5.41, 5.74) is 0. The fourth-order valence-corrected chi connectivity index (χ4v) is 0.582. The Morgan fingerprint density at radius 2 is 1.54 bits per heavy atom. The maximum absolute atomic E-state index is 10.9. The lowest BCUT2D eigenvalue weighted by Crippen LogP contribution is -2.35. The minimum Gasteiger partial charge on any atom is -0.467 e. The molecule has 0 aliphatic carbocycles. The van der Waals surface area contributed by atoms with Crippen LogP contribution in [0, 0.1) is 0 Å². The molecule has 6 heteroatoms. The fourth-order valence-electron chi connectivity index (χ4n) is 0.582. The lowest BCUT2D eigenvalue weighted by Gasteiger charge is -2.11. The molecule has 0 heterocycles. The molecule has 0 spiro atoms. The van der Waals surface area contributed by atoms with Gasteiger partial charge in [-0.1, -0.05) is 0 Å². The van der Waals surface area contributed by atoms with Crippen LogP contribution in [0.25, 0.3) is 0 Å². The average molecular weight is 192 g/mol. The normalized spacial score (nSPS) is 9.85. The molecule has 0 atom stereocenters. The van der Waals surface area contributed by atoms with Crippen molar-refractivity contribution >= 4 is 11.9 Å². The van der Waals surface area contributed by atoms with Gasteiger partial charge in [0.25, 0.3) is 6.10 Å². The molecule has 0 bridgehead atoms. The van der Waals surface area contributed by atoms with Gasteiger partial charge in [-0.3, -0.25) is 0 Å². The number of carbonyl (C=O) groups is 2. The van der Waals surface area contributed by atoms with Gasteiger partial charge >= 0.3 is 11.9 Å². The summed E-state index contributed by atoms with van der Waals surface area (Å²) < 4.78 is 17.9. The molecule has 0 saturated heterocycles. The van der Waals surface area contributed by atoms with E-state index in [9.17, 15) is 9.59 Å². The van der Waals surface area contributed by atoms with Crippen molar-refractivity contribution in [2.75, 3.05) is 28.1 Å². The van der Waals surface area contributed by atoms with Crippen molar-refractivity contribution in [2.45, 2.75) is 6.10 Å². The highest BCUT2D eigenvalue weighted by molar-refractivity contribution is 5.97. The van der Waals surface area contributed by atoms with Crippen molar-refractivity contribution in [3.8, 4) is 0 Å². The van der Waals surface area contributed by atoms with Gasteiger partial charge in [-0.2, -0.15) is 0 Å². The Labute approximate surface area is 75.7 Å². The predicted molar refractivity (Wildman–Crippen MR) is 40.8 cm³/mol. The van der Waals surface area contributed by atoms with Crippen LogP contribution in [0.1, 0.15) is 0 Å². The first-order valence-electron chi connectivity index (χ1n) is 3.43. The molecule has 0 N–H and O–H groups in total. The van der Waals surface area contributed by atoms with E-state index < -0.39 is 18.0 Å². The molecule has 0 aliphatic rings. The highest BCUT2D eigenvalue weighted by Crippen LogP contribution is 1.98. The third kappa shape index (κ3) is 3.86. The standard InChI is InChI=1S/C7H12O6/c1-10-4-13-5(6(8)11-2)7(9)12-3/h5H,4H2,1-3H3. The molecular formula is C7H12O6. The van der Waals surface area contributed by atoms with Crippen LogP contribution in [-0.2, 0) is 28.5 Å². The van der Waals surface area contributed by atoms with E-state index in [1.54, 1.807) is 0 Å². The van der Waals surface area contributed by atoms with Gasteiger partial charge in [-0.15, -0.1) is 0 Å². The summed E-state index contributed by atoms with van der Waals surface area (Å²) in [6, 6.07) is 0. The minimum absolute atomic E-state index is 0.186. The molecule has 6 nitrogen and oxygen atoms in total. The summed E-state index contributed by atoms with van der Waals surface area (Å²) in [4.78, 5) is 21.8. The summed E-state index contributed by atoms with van der Waals surface area (Å²) in [6.45, 7) is -0.186. The summed E-state index contributed by atoms with van der Waals surface area (Å²) in [5.74, 6) is -1.63. The van der Waals surface area contributed by atoms with E-state index >= 15 is 0 Å². The first kappa shape index (κ1) is 11.9. The second-order valence-corrected chi connectivity index (χ2v) is 2.00. The van der Waals surface area contributed by atoms with E-state index in [0.717, 1.165) is 14.2 Å². The van der Waals surface area contributed by atoms with Gasteiger partial charge in [0.1, 0.15) is 6.79 Å². The third-order valence-corrected chi connectivity index (χ3v) is 1.18. The number of ether oxygens (including phenoxy) is 4. The highest BCUT2D eigenvalue weighted by Gasteiger charge is 2.29. The molecule has 0 fully saturated rings. The van der Waals surface area contributed by atoms with Gasteiger partial charge in [0, 0.05) is 7.11 Å². The van der Waals surface area contributed by atoms with E-state index in [0.29, 0.717) is 0 Å². The second-order valence-electron chi connectivity index (χ2n) is 2.00. The van der Waals surface area contributed by atoms with Crippen LogP contribution in [-0.4, -0.2) is 46.2 Å². The Hall–Kier alpha value is -1.14. The Balaban J connectivity index is 4.18. The van der Waals surface area contributed by atoms with Crippen molar-refractivity contribution in [1.29, 1.82) is 0 Å². The predicted octanol–water partition coefficient (Wildman–Crippen LogP) is -0.679. The van der Waals surface area contributed by atoms with Crippen molar-refractivity contribution in [1.82, 2.24) is 0 Å². The molecule has 13 heavy (non-hydrogen) atoms. The molecule has 0 rings (SSSR count). The molecular weight excluding hydrogens is 180 g/mol. The smallest absolute Gasteiger partial charge is 0.346 e.